The Kier molecular flexibility index (Phi) is 4.21. The highest BCUT2D eigenvalue weighted by atomic mass is 32.1. The minimum Gasteiger partial charge on any atom is -0.507 e. The molecule has 1 N–H and O–H groups in total. The molecule has 0 atom stereocenters. The summed E-state index contributed by atoms with van der Waals surface area (Å²) in [6.07, 6.45) is 1.70. The second-order valence-corrected chi connectivity index (χ2v) is 7.16. The summed E-state index contributed by atoms with van der Waals surface area (Å²) in [5.74, 6) is 0.214. The van der Waals surface area contributed by atoms with Crippen molar-refractivity contribution in [1.82, 2.24) is 4.68 Å². The van der Waals surface area contributed by atoms with Crippen molar-refractivity contribution in [2.75, 3.05) is 7.05 Å². The van der Waals surface area contributed by atoms with Crippen molar-refractivity contribution in [2.24, 2.45) is 10.1 Å². The number of thiazole rings is 1. The molecule has 0 saturated carbocycles. The minimum atomic E-state index is 0.214. The molecule has 4 nitrogen and oxygen atoms in total. The highest BCUT2D eigenvalue weighted by molar-refractivity contribution is 7.14. The Morgan fingerprint density at radius 3 is 2.72 bits per heavy atom. The molecule has 0 radical (unpaired) electrons. The van der Waals surface area contributed by atoms with E-state index in [2.05, 4.69) is 21.5 Å². The monoisotopic (exact) mass is 365 g/mol. The number of aromatic hydroxyl groups is 1. The Balaban J connectivity index is 1.87. The van der Waals surface area contributed by atoms with E-state index in [9.17, 15) is 5.11 Å². The number of benzene rings is 2. The Morgan fingerprint density at radius 1 is 1.04 bits per heavy atom. The molecule has 4 aromatic rings. The Bertz CT molecular complexity index is 1120. The lowest BCUT2D eigenvalue weighted by Crippen LogP contribution is -2.11. The number of aromatic nitrogens is 1. The summed E-state index contributed by atoms with van der Waals surface area (Å²) in [6.45, 7) is 0. The van der Waals surface area contributed by atoms with Crippen molar-refractivity contribution in [2.45, 2.75) is 0 Å². The predicted octanol–water partition coefficient (Wildman–Crippen LogP) is 4.55. The number of phenols is 1. The van der Waals surface area contributed by atoms with Gasteiger partial charge in [0.15, 0.2) is 0 Å². The molecule has 0 aliphatic heterocycles. The smallest absolute Gasteiger partial charge is 0.205 e. The number of nitrogens with zero attached hydrogens (tertiary/aromatic N) is 3. The summed E-state index contributed by atoms with van der Waals surface area (Å²) in [5.41, 5.74) is 1.70. The van der Waals surface area contributed by atoms with Crippen LogP contribution in [0.4, 0.5) is 0 Å². The third-order valence-electron chi connectivity index (χ3n) is 3.90. The van der Waals surface area contributed by atoms with Gasteiger partial charge >= 0.3 is 0 Å². The van der Waals surface area contributed by atoms with Crippen molar-refractivity contribution < 1.29 is 5.11 Å². The summed E-state index contributed by atoms with van der Waals surface area (Å²) >= 11 is 3.21. The topological polar surface area (TPSA) is 49.9 Å². The summed E-state index contributed by atoms with van der Waals surface area (Å²) < 4.78 is 1.82. The van der Waals surface area contributed by atoms with Crippen molar-refractivity contribution in [3.05, 3.63) is 69.7 Å². The van der Waals surface area contributed by atoms with Crippen molar-refractivity contribution in [3.8, 4) is 16.3 Å². The van der Waals surface area contributed by atoms with Crippen molar-refractivity contribution in [1.29, 1.82) is 0 Å². The predicted molar refractivity (Wildman–Crippen MR) is 106 cm³/mol. The fourth-order valence-corrected chi connectivity index (χ4v) is 4.29. The van der Waals surface area contributed by atoms with E-state index in [0.717, 1.165) is 26.1 Å². The zero-order valence-corrected chi connectivity index (χ0v) is 15.1. The molecule has 0 fully saturated rings. The molecule has 0 aliphatic carbocycles. The normalized spacial score (nSPS) is 12.4. The third kappa shape index (κ3) is 2.90. The van der Waals surface area contributed by atoms with Gasteiger partial charge in [0, 0.05) is 18.0 Å². The van der Waals surface area contributed by atoms with Crippen molar-refractivity contribution >= 4 is 39.7 Å². The van der Waals surface area contributed by atoms with Crippen LogP contribution in [0.3, 0.4) is 0 Å². The third-order valence-corrected chi connectivity index (χ3v) is 5.70. The number of thiophene rings is 1. The second-order valence-electron chi connectivity index (χ2n) is 5.38. The first kappa shape index (κ1) is 15.8. The average molecular weight is 365 g/mol. The molecule has 2 heterocycles. The summed E-state index contributed by atoms with van der Waals surface area (Å²) in [6, 6.07) is 15.6. The van der Waals surface area contributed by atoms with Crippen LogP contribution in [0.5, 0.6) is 5.75 Å². The first-order valence-electron chi connectivity index (χ1n) is 7.70. The van der Waals surface area contributed by atoms with Gasteiger partial charge in [-0.05, 0) is 28.3 Å². The molecule has 0 spiro atoms. The van der Waals surface area contributed by atoms with E-state index in [-0.39, 0.29) is 5.75 Å². The molecule has 0 aliphatic rings. The van der Waals surface area contributed by atoms with Crippen LogP contribution in [0.2, 0.25) is 0 Å². The van der Waals surface area contributed by atoms with Crippen LogP contribution in [-0.2, 0) is 0 Å². The second kappa shape index (κ2) is 6.66. The lowest BCUT2D eigenvalue weighted by atomic mass is 10.0. The Labute approximate surface area is 152 Å². The van der Waals surface area contributed by atoms with Gasteiger partial charge in [0.1, 0.15) is 5.75 Å². The SMILES string of the molecule is CN=c1scc(-c2cccs2)n1N=Cc1c(O)ccc2ccccc12. The van der Waals surface area contributed by atoms with E-state index in [1.54, 1.807) is 42.0 Å². The van der Waals surface area contributed by atoms with Gasteiger partial charge in [-0.2, -0.15) is 5.10 Å². The van der Waals surface area contributed by atoms with Gasteiger partial charge in [0.25, 0.3) is 0 Å². The van der Waals surface area contributed by atoms with Crippen LogP contribution in [0.15, 0.2) is 69.4 Å². The van der Waals surface area contributed by atoms with Crippen LogP contribution in [0.1, 0.15) is 5.56 Å². The van der Waals surface area contributed by atoms with Gasteiger partial charge in [-0.15, -0.1) is 22.7 Å². The summed E-state index contributed by atoms with van der Waals surface area (Å²) in [7, 11) is 1.76. The van der Waals surface area contributed by atoms with E-state index in [1.807, 2.05) is 46.5 Å². The fourth-order valence-electron chi connectivity index (χ4n) is 2.69. The molecule has 4 rings (SSSR count). The average Bonchev–Trinajstić information content (AvgIpc) is 3.30. The van der Waals surface area contributed by atoms with E-state index < -0.39 is 0 Å². The molecule has 0 bridgehead atoms. The van der Waals surface area contributed by atoms with E-state index in [4.69, 9.17) is 0 Å². The van der Waals surface area contributed by atoms with Crippen LogP contribution >= 0.6 is 22.7 Å². The zero-order chi connectivity index (χ0) is 17.2. The number of fused-ring (bicyclic) bond motifs is 1. The molecule has 124 valence electrons. The largest absolute Gasteiger partial charge is 0.507 e. The summed E-state index contributed by atoms with van der Waals surface area (Å²) in [5, 5.41) is 21.1. The summed E-state index contributed by atoms with van der Waals surface area (Å²) in [4.78, 5) is 6.24. The maximum Gasteiger partial charge on any atom is 0.205 e. The number of rotatable bonds is 3. The minimum absolute atomic E-state index is 0.214. The zero-order valence-electron chi connectivity index (χ0n) is 13.5. The number of phenolic OH excluding ortho intramolecular Hbond substituents is 1. The highest BCUT2D eigenvalue weighted by Gasteiger charge is 2.09. The van der Waals surface area contributed by atoms with Gasteiger partial charge in [0.05, 0.1) is 16.8 Å². The van der Waals surface area contributed by atoms with Gasteiger partial charge in [0.2, 0.25) is 4.80 Å². The molecule has 6 heteroatoms. The first-order valence-corrected chi connectivity index (χ1v) is 9.46. The van der Waals surface area contributed by atoms with E-state index >= 15 is 0 Å². The van der Waals surface area contributed by atoms with Crippen LogP contribution < -0.4 is 4.80 Å². The standard InChI is InChI=1S/C19H15N3OS2/c1-20-19-22(16(12-25-19)18-7-4-10-24-18)21-11-15-14-6-3-2-5-13(14)8-9-17(15)23/h2-12,23H,1H3. The lowest BCUT2D eigenvalue weighted by Gasteiger charge is -2.05. The first-order chi connectivity index (χ1) is 12.3. The lowest BCUT2D eigenvalue weighted by molar-refractivity contribution is 0.475. The van der Waals surface area contributed by atoms with Gasteiger partial charge in [-0.1, -0.05) is 36.4 Å². The Hall–Kier alpha value is -2.70. The van der Waals surface area contributed by atoms with Crippen molar-refractivity contribution in [3.63, 3.8) is 0 Å². The number of hydrogen-bond acceptors (Lipinski definition) is 5. The highest BCUT2D eigenvalue weighted by Crippen LogP contribution is 2.27. The molecule has 0 saturated heterocycles. The number of hydrogen-bond donors (Lipinski definition) is 1. The van der Waals surface area contributed by atoms with Gasteiger partial charge < -0.3 is 5.11 Å². The molecule has 25 heavy (non-hydrogen) atoms. The van der Waals surface area contributed by atoms with E-state index in [0.29, 0.717) is 5.56 Å². The molecule has 0 amide bonds. The maximum atomic E-state index is 10.3. The maximum absolute atomic E-state index is 10.3. The molecular formula is C19H15N3OS2. The van der Waals surface area contributed by atoms with E-state index in [1.165, 1.54) is 0 Å². The van der Waals surface area contributed by atoms with Gasteiger partial charge in [-0.3, -0.25) is 4.99 Å². The van der Waals surface area contributed by atoms with Crippen LogP contribution in [0.25, 0.3) is 21.3 Å². The quantitative estimate of drug-likeness (QED) is 0.532. The Morgan fingerprint density at radius 2 is 1.92 bits per heavy atom. The molecule has 0 unspecified atom stereocenters. The fraction of sp³-hybridized carbons (Fsp3) is 0.0526. The molecule has 2 aromatic carbocycles. The van der Waals surface area contributed by atoms with Gasteiger partial charge in [-0.25, -0.2) is 4.68 Å². The van der Waals surface area contributed by atoms with Crippen LogP contribution in [0, 0.1) is 0 Å². The van der Waals surface area contributed by atoms with Crippen LogP contribution in [-0.4, -0.2) is 23.0 Å². The molecule has 2 aromatic heterocycles. The molecular weight excluding hydrogens is 350 g/mol.